The van der Waals surface area contributed by atoms with Crippen LogP contribution in [0.4, 0.5) is 0 Å². The summed E-state index contributed by atoms with van der Waals surface area (Å²) in [4.78, 5) is 23.3. The zero-order chi connectivity index (χ0) is 20.1. The quantitative estimate of drug-likeness (QED) is 0.659. The molecule has 0 bridgehead atoms. The minimum atomic E-state index is -0.368. The van der Waals surface area contributed by atoms with Crippen molar-refractivity contribution in [1.29, 1.82) is 0 Å². The molecule has 0 fully saturated rings. The number of hydrogen-bond acceptors (Lipinski definition) is 5. The Bertz CT molecular complexity index is 864. The third-order valence-corrected chi connectivity index (χ3v) is 6.12. The number of carbonyl (C=O) groups is 2. The van der Waals surface area contributed by atoms with Crippen LogP contribution in [0.15, 0.2) is 23.4 Å². The van der Waals surface area contributed by atoms with Gasteiger partial charge >= 0.3 is 0 Å². The van der Waals surface area contributed by atoms with Gasteiger partial charge in [0.25, 0.3) is 0 Å². The van der Waals surface area contributed by atoms with Crippen molar-refractivity contribution in [1.82, 2.24) is 20.1 Å². The largest absolute Gasteiger partial charge is 0.370 e. The zero-order valence-electron chi connectivity index (χ0n) is 16.4. The molecule has 0 spiro atoms. The van der Waals surface area contributed by atoms with E-state index in [9.17, 15) is 9.59 Å². The van der Waals surface area contributed by atoms with Crippen LogP contribution in [0.1, 0.15) is 54.7 Å². The first-order chi connectivity index (χ1) is 13.4. The van der Waals surface area contributed by atoms with Crippen LogP contribution in [0.5, 0.6) is 0 Å². The zero-order valence-corrected chi connectivity index (χ0v) is 17.2. The van der Waals surface area contributed by atoms with Crippen molar-refractivity contribution in [2.75, 3.05) is 5.75 Å². The molecule has 1 aliphatic rings. The van der Waals surface area contributed by atoms with Crippen molar-refractivity contribution < 1.29 is 9.59 Å². The van der Waals surface area contributed by atoms with Crippen LogP contribution in [0.3, 0.4) is 0 Å². The van der Waals surface area contributed by atoms with Gasteiger partial charge in [0.1, 0.15) is 5.82 Å². The lowest BCUT2D eigenvalue weighted by atomic mass is 9.89. The molecule has 1 aliphatic carbocycles. The predicted octanol–water partition coefficient (Wildman–Crippen LogP) is 2.08. The second-order valence-corrected chi connectivity index (χ2v) is 8.18. The van der Waals surface area contributed by atoms with Gasteiger partial charge in [0.05, 0.1) is 11.8 Å². The van der Waals surface area contributed by atoms with Crippen molar-refractivity contribution >= 4 is 23.6 Å². The SMILES string of the molecule is CC(NC(=O)CSc1nnc(CCC(N)=O)n1C)c1ccc2c(c1)CCCC2. The summed E-state index contributed by atoms with van der Waals surface area (Å²) in [5.74, 6) is 0.533. The Kier molecular flexibility index (Phi) is 6.72. The van der Waals surface area contributed by atoms with Crippen molar-refractivity contribution in [3.63, 3.8) is 0 Å². The van der Waals surface area contributed by atoms with Crippen molar-refractivity contribution in [3.8, 4) is 0 Å². The number of primary amides is 1. The molecule has 0 aliphatic heterocycles. The summed E-state index contributed by atoms with van der Waals surface area (Å²) in [6.45, 7) is 2.01. The van der Waals surface area contributed by atoms with E-state index in [-0.39, 0.29) is 30.0 Å². The minimum Gasteiger partial charge on any atom is -0.370 e. The van der Waals surface area contributed by atoms with E-state index in [1.54, 1.807) is 4.57 Å². The first-order valence-corrected chi connectivity index (χ1v) is 10.6. The normalized spacial score (nSPS) is 14.4. The average molecular weight is 402 g/mol. The third-order valence-electron chi connectivity index (χ3n) is 5.10. The van der Waals surface area contributed by atoms with Gasteiger partial charge in [-0.2, -0.15) is 0 Å². The smallest absolute Gasteiger partial charge is 0.230 e. The minimum absolute atomic E-state index is 0.0362. The van der Waals surface area contributed by atoms with E-state index in [4.69, 9.17) is 5.73 Å². The van der Waals surface area contributed by atoms with E-state index in [0.29, 0.717) is 17.4 Å². The highest BCUT2D eigenvalue weighted by Crippen LogP contribution is 2.25. The Morgan fingerprint density at radius 2 is 2.00 bits per heavy atom. The topological polar surface area (TPSA) is 103 Å². The molecular weight excluding hydrogens is 374 g/mol. The van der Waals surface area contributed by atoms with Crippen LogP contribution in [0.25, 0.3) is 0 Å². The van der Waals surface area contributed by atoms with Gasteiger partial charge in [-0.1, -0.05) is 30.0 Å². The Balaban J connectivity index is 1.52. The van der Waals surface area contributed by atoms with E-state index in [0.717, 1.165) is 18.4 Å². The van der Waals surface area contributed by atoms with E-state index in [2.05, 4.69) is 33.7 Å². The number of nitrogens with one attached hydrogen (secondary N) is 1. The molecule has 0 saturated carbocycles. The standard InChI is InChI=1S/C20H27N5O2S/c1-13(15-8-7-14-5-3-4-6-16(14)11-15)22-19(27)12-28-20-24-23-18(25(20)2)10-9-17(21)26/h7-8,11,13H,3-6,9-10,12H2,1-2H3,(H2,21,26)(H,22,27). The Labute approximate surface area is 169 Å². The van der Waals surface area contributed by atoms with Crippen molar-refractivity contribution in [3.05, 3.63) is 40.7 Å². The van der Waals surface area contributed by atoms with E-state index in [1.807, 2.05) is 14.0 Å². The maximum atomic E-state index is 12.4. The van der Waals surface area contributed by atoms with Gasteiger partial charge in [0, 0.05) is 19.9 Å². The van der Waals surface area contributed by atoms with E-state index >= 15 is 0 Å². The average Bonchev–Trinajstić information content (AvgIpc) is 3.04. The Morgan fingerprint density at radius 1 is 1.25 bits per heavy atom. The molecule has 28 heavy (non-hydrogen) atoms. The second-order valence-electron chi connectivity index (χ2n) is 7.24. The maximum Gasteiger partial charge on any atom is 0.230 e. The summed E-state index contributed by atoms with van der Waals surface area (Å²) in [5, 5.41) is 11.9. The molecule has 0 radical (unpaired) electrons. The Hall–Kier alpha value is -2.35. The summed E-state index contributed by atoms with van der Waals surface area (Å²) < 4.78 is 1.80. The summed E-state index contributed by atoms with van der Waals surface area (Å²) in [5.41, 5.74) is 9.18. The predicted molar refractivity (Wildman–Crippen MR) is 109 cm³/mol. The molecule has 150 valence electrons. The molecule has 3 N–H and O–H groups in total. The molecule has 0 saturated heterocycles. The molecule has 3 rings (SSSR count). The number of amides is 2. The number of aryl methyl sites for hydroxylation is 3. The fraction of sp³-hybridized carbons (Fsp3) is 0.500. The fourth-order valence-corrected chi connectivity index (χ4v) is 4.18. The number of aromatic nitrogens is 3. The number of rotatable bonds is 8. The number of benzene rings is 1. The van der Waals surface area contributed by atoms with Crippen LogP contribution in [0, 0.1) is 0 Å². The highest BCUT2D eigenvalue weighted by Gasteiger charge is 2.16. The lowest BCUT2D eigenvalue weighted by molar-refractivity contribution is -0.119. The van der Waals surface area contributed by atoms with Gasteiger partial charge in [-0.05, 0) is 49.3 Å². The van der Waals surface area contributed by atoms with Crippen LogP contribution in [0.2, 0.25) is 0 Å². The van der Waals surface area contributed by atoms with Gasteiger partial charge in [0.2, 0.25) is 11.8 Å². The van der Waals surface area contributed by atoms with Gasteiger partial charge in [-0.3, -0.25) is 9.59 Å². The highest BCUT2D eigenvalue weighted by molar-refractivity contribution is 7.99. The summed E-state index contributed by atoms with van der Waals surface area (Å²) in [7, 11) is 1.83. The Morgan fingerprint density at radius 3 is 2.75 bits per heavy atom. The van der Waals surface area contributed by atoms with Crippen LogP contribution >= 0.6 is 11.8 Å². The first kappa shape index (κ1) is 20.4. The van der Waals surface area contributed by atoms with Gasteiger partial charge in [0.15, 0.2) is 5.16 Å². The molecule has 1 atom stereocenters. The second kappa shape index (κ2) is 9.23. The number of nitrogens with two attached hydrogens (primary N) is 1. The van der Waals surface area contributed by atoms with Gasteiger partial charge in [-0.15, -0.1) is 10.2 Å². The molecule has 8 heteroatoms. The molecule has 7 nitrogen and oxygen atoms in total. The van der Waals surface area contributed by atoms with E-state index in [1.165, 1.54) is 35.7 Å². The number of fused-ring (bicyclic) bond motifs is 1. The maximum absolute atomic E-state index is 12.4. The summed E-state index contributed by atoms with van der Waals surface area (Å²) in [6.07, 6.45) is 5.47. The molecule has 2 aromatic rings. The molecular formula is C20H27N5O2S. The van der Waals surface area contributed by atoms with Crippen molar-refractivity contribution in [2.24, 2.45) is 12.8 Å². The third kappa shape index (κ3) is 5.13. The molecule has 2 amide bonds. The lowest BCUT2D eigenvalue weighted by Gasteiger charge is -2.20. The first-order valence-electron chi connectivity index (χ1n) is 9.64. The van der Waals surface area contributed by atoms with Crippen LogP contribution < -0.4 is 11.1 Å². The van der Waals surface area contributed by atoms with Gasteiger partial charge in [-0.25, -0.2) is 0 Å². The lowest BCUT2D eigenvalue weighted by Crippen LogP contribution is -2.28. The molecule has 1 unspecified atom stereocenters. The highest BCUT2D eigenvalue weighted by atomic mass is 32.2. The molecule has 1 aromatic carbocycles. The van der Waals surface area contributed by atoms with Crippen LogP contribution in [-0.4, -0.2) is 32.3 Å². The number of carbonyl (C=O) groups excluding carboxylic acids is 2. The summed E-state index contributed by atoms with van der Waals surface area (Å²) >= 11 is 1.33. The summed E-state index contributed by atoms with van der Waals surface area (Å²) in [6, 6.07) is 6.52. The fourth-order valence-electron chi connectivity index (χ4n) is 3.44. The van der Waals surface area contributed by atoms with Crippen LogP contribution in [-0.2, 0) is 35.9 Å². The molecule has 1 aromatic heterocycles. The van der Waals surface area contributed by atoms with Gasteiger partial charge < -0.3 is 15.6 Å². The van der Waals surface area contributed by atoms with E-state index < -0.39 is 0 Å². The number of thioether (sulfide) groups is 1. The van der Waals surface area contributed by atoms with Crippen molar-refractivity contribution in [2.45, 2.75) is 56.6 Å². The monoisotopic (exact) mass is 401 g/mol. The number of nitrogens with zero attached hydrogens (tertiary/aromatic N) is 3. The number of hydrogen-bond donors (Lipinski definition) is 2. The molecule has 1 heterocycles.